The summed E-state index contributed by atoms with van der Waals surface area (Å²) in [6.45, 7) is 3.55. The summed E-state index contributed by atoms with van der Waals surface area (Å²) in [5.41, 5.74) is 0.397. The fourth-order valence-electron chi connectivity index (χ4n) is 4.18. The predicted molar refractivity (Wildman–Crippen MR) is 118 cm³/mol. The first-order chi connectivity index (χ1) is 15.7. The molecule has 2 aromatic rings. The number of carbonyl (C=O) groups excluding carboxylic acids is 2. The smallest absolute Gasteiger partial charge is 0.365 e. The van der Waals surface area contributed by atoms with Crippen LogP contribution in [0.3, 0.4) is 0 Å². The molecule has 3 atom stereocenters. The fraction of sp³-hybridized carbons (Fsp3) is 0.476. The third-order valence-corrected chi connectivity index (χ3v) is 7.71. The first-order valence-corrected chi connectivity index (χ1v) is 12.0. The molecule has 13 heteroatoms. The molecule has 0 saturated heterocycles. The zero-order valence-electron chi connectivity index (χ0n) is 18.8. The van der Waals surface area contributed by atoms with Crippen molar-refractivity contribution in [3.63, 3.8) is 0 Å². The molecule has 0 bridgehead atoms. The standard InChI is InChI=1S/C21H26F3N5O4S/c1-12-10-15(28(3)13(2)30)6-9-18(12)29-11-17(19(25)31)20(27-29)26-14-4-7-16(8-5-14)34(32,33)21(22,23)24/h4-5,7-8,11-12,15,18H,6,9-10H2,1-3H3,(H2,25,31)(H,26,27)/t12-,15?,18-/m0/s1. The number of primary amides is 1. The number of hydrogen-bond acceptors (Lipinski definition) is 6. The maximum atomic E-state index is 12.7. The van der Waals surface area contributed by atoms with Crippen LogP contribution in [0, 0.1) is 5.92 Å². The molecule has 0 radical (unpaired) electrons. The van der Waals surface area contributed by atoms with Crippen molar-refractivity contribution in [3.05, 3.63) is 36.0 Å². The third-order valence-electron chi connectivity index (χ3n) is 6.21. The Morgan fingerprint density at radius 1 is 1.21 bits per heavy atom. The second-order valence-electron chi connectivity index (χ2n) is 8.48. The van der Waals surface area contributed by atoms with Crippen LogP contribution in [0.25, 0.3) is 0 Å². The Hall–Kier alpha value is -3.09. The van der Waals surface area contributed by atoms with E-state index in [4.69, 9.17) is 5.73 Å². The number of anilines is 2. The highest BCUT2D eigenvalue weighted by Crippen LogP contribution is 2.37. The van der Waals surface area contributed by atoms with E-state index < -0.39 is 26.1 Å². The van der Waals surface area contributed by atoms with Gasteiger partial charge in [-0.3, -0.25) is 14.3 Å². The molecule has 1 heterocycles. The summed E-state index contributed by atoms with van der Waals surface area (Å²) in [6, 6.07) is 3.99. The number of sulfone groups is 1. The maximum Gasteiger partial charge on any atom is 0.501 e. The van der Waals surface area contributed by atoms with Crippen molar-refractivity contribution < 1.29 is 31.2 Å². The summed E-state index contributed by atoms with van der Waals surface area (Å²) < 4.78 is 62.9. The number of nitrogens with one attached hydrogen (secondary N) is 1. The Kier molecular flexibility index (Phi) is 6.97. The van der Waals surface area contributed by atoms with Crippen molar-refractivity contribution in [2.24, 2.45) is 11.7 Å². The quantitative estimate of drug-likeness (QED) is 0.626. The Labute approximate surface area is 195 Å². The summed E-state index contributed by atoms with van der Waals surface area (Å²) >= 11 is 0. The molecule has 186 valence electrons. The van der Waals surface area contributed by atoms with Gasteiger partial charge < -0.3 is 16.0 Å². The average Bonchev–Trinajstić information content (AvgIpc) is 3.16. The van der Waals surface area contributed by atoms with Crippen LogP contribution in [0.1, 0.15) is 49.5 Å². The summed E-state index contributed by atoms with van der Waals surface area (Å²) in [4.78, 5) is 24.5. The fourth-order valence-corrected chi connectivity index (χ4v) is 4.94. The highest BCUT2D eigenvalue weighted by molar-refractivity contribution is 7.92. The minimum absolute atomic E-state index is 0.00806. The average molecular weight is 502 g/mol. The molecular formula is C21H26F3N5O4S. The van der Waals surface area contributed by atoms with Gasteiger partial charge in [-0.25, -0.2) is 8.42 Å². The minimum Gasteiger partial charge on any atom is -0.365 e. The van der Waals surface area contributed by atoms with E-state index in [1.807, 2.05) is 6.92 Å². The number of nitrogens with two attached hydrogens (primary N) is 1. The van der Waals surface area contributed by atoms with Crippen LogP contribution in [0.15, 0.2) is 35.4 Å². The van der Waals surface area contributed by atoms with Crippen molar-refractivity contribution in [2.75, 3.05) is 12.4 Å². The van der Waals surface area contributed by atoms with Gasteiger partial charge in [0.2, 0.25) is 5.91 Å². The zero-order valence-corrected chi connectivity index (χ0v) is 19.7. The first kappa shape index (κ1) is 25.5. The Bertz CT molecular complexity index is 1180. The van der Waals surface area contributed by atoms with Gasteiger partial charge in [0.25, 0.3) is 15.7 Å². The molecule has 2 amide bonds. The molecule has 1 aliphatic carbocycles. The van der Waals surface area contributed by atoms with E-state index in [1.165, 1.54) is 13.1 Å². The van der Waals surface area contributed by atoms with Gasteiger partial charge in [0.1, 0.15) is 5.56 Å². The molecule has 3 rings (SSSR count). The van der Waals surface area contributed by atoms with Gasteiger partial charge in [0, 0.05) is 31.9 Å². The van der Waals surface area contributed by atoms with Gasteiger partial charge in [-0.15, -0.1) is 0 Å². The number of amides is 2. The first-order valence-electron chi connectivity index (χ1n) is 10.5. The van der Waals surface area contributed by atoms with Crippen LogP contribution in [-0.2, 0) is 14.6 Å². The highest BCUT2D eigenvalue weighted by atomic mass is 32.2. The van der Waals surface area contributed by atoms with E-state index in [0.717, 1.165) is 37.1 Å². The molecule has 0 spiro atoms. The number of hydrogen-bond donors (Lipinski definition) is 2. The van der Waals surface area contributed by atoms with Crippen LogP contribution in [0.4, 0.5) is 24.7 Å². The second kappa shape index (κ2) is 9.28. The molecule has 34 heavy (non-hydrogen) atoms. The summed E-state index contributed by atoms with van der Waals surface area (Å²) in [6.07, 6.45) is 3.75. The molecular weight excluding hydrogens is 475 g/mol. The number of nitrogens with zero attached hydrogens (tertiary/aromatic N) is 3. The molecule has 9 nitrogen and oxygen atoms in total. The largest absolute Gasteiger partial charge is 0.501 e. The lowest BCUT2D eigenvalue weighted by Crippen LogP contribution is -2.41. The maximum absolute atomic E-state index is 12.7. The normalized spacial score (nSPS) is 21.2. The Morgan fingerprint density at radius 2 is 1.82 bits per heavy atom. The van der Waals surface area contributed by atoms with Crippen molar-refractivity contribution in [3.8, 4) is 0 Å². The molecule has 1 saturated carbocycles. The van der Waals surface area contributed by atoms with Gasteiger partial charge in [0.05, 0.1) is 10.9 Å². The van der Waals surface area contributed by atoms with E-state index in [0.29, 0.717) is 6.42 Å². The van der Waals surface area contributed by atoms with Crippen molar-refractivity contribution in [1.82, 2.24) is 14.7 Å². The van der Waals surface area contributed by atoms with Crippen molar-refractivity contribution in [1.29, 1.82) is 0 Å². The second-order valence-corrected chi connectivity index (χ2v) is 10.4. The van der Waals surface area contributed by atoms with Crippen LogP contribution in [0.5, 0.6) is 0 Å². The lowest BCUT2D eigenvalue weighted by Gasteiger charge is -2.38. The van der Waals surface area contributed by atoms with Gasteiger partial charge in [-0.05, 0) is 49.4 Å². The van der Waals surface area contributed by atoms with Gasteiger partial charge in [-0.2, -0.15) is 18.3 Å². The molecule has 1 unspecified atom stereocenters. The number of carbonyl (C=O) groups is 2. The number of halogens is 3. The van der Waals surface area contributed by atoms with Crippen LogP contribution in [-0.4, -0.2) is 53.5 Å². The van der Waals surface area contributed by atoms with Gasteiger partial charge >= 0.3 is 5.51 Å². The number of aromatic nitrogens is 2. The van der Waals surface area contributed by atoms with E-state index in [-0.39, 0.29) is 41.0 Å². The topological polar surface area (TPSA) is 127 Å². The number of rotatable bonds is 6. The SMILES string of the molecule is CC(=O)N(C)C1CC[C@H](n2cc(C(N)=O)c(Nc3ccc(S(=O)(=O)C(F)(F)F)cc3)n2)[C@@H](C)C1. The van der Waals surface area contributed by atoms with Gasteiger partial charge in [-0.1, -0.05) is 6.92 Å². The highest BCUT2D eigenvalue weighted by Gasteiger charge is 2.46. The van der Waals surface area contributed by atoms with E-state index >= 15 is 0 Å². The van der Waals surface area contributed by atoms with E-state index in [1.54, 1.807) is 16.6 Å². The van der Waals surface area contributed by atoms with Crippen molar-refractivity contribution in [2.45, 2.75) is 55.6 Å². The van der Waals surface area contributed by atoms with Crippen molar-refractivity contribution >= 4 is 33.2 Å². The molecule has 3 N–H and O–H groups in total. The summed E-state index contributed by atoms with van der Waals surface area (Å²) in [7, 11) is -3.70. The molecule has 0 aliphatic heterocycles. The summed E-state index contributed by atoms with van der Waals surface area (Å²) in [5, 5.41) is 7.27. The Morgan fingerprint density at radius 3 is 2.32 bits per heavy atom. The Balaban J connectivity index is 1.82. The lowest BCUT2D eigenvalue weighted by molar-refractivity contribution is -0.130. The predicted octanol–water partition coefficient (Wildman–Crippen LogP) is 3.23. The van der Waals surface area contributed by atoms with E-state index in [2.05, 4.69) is 10.4 Å². The molecule has 1 fully saturated rings. The van der Waals surface area contributed by atoms with E-state index in [9.17, 15) is 31.2 Å². The monoisotopic (exact) mass is 501 g/mol. The van der Waals surface area contributed by atoms with Crippen LogP contribution in [0.2, 0.25) is 0 Å². The third kappa shape index (κ3) is 5.03. The molecule has 1 aliphatic rings. The molecule has 1 aromatic carbocycles. The van der Waals surface area contributed by atoms with Crippen LogP contribution < -0.4 is 11.1 Å². The van der Waals surface area contributed by atoms with Crippen LogP contribution >= 0.6 is 0 Å². The minimum atomic E-state index is -5.47. The summed E-state index contributed by atoms with van der Waals surface area (Å²) in [5.74, 6) is -0.510. The number of benzene rings is 1. The lowest BCUT2D eigenvalue weighted by atomic mass is 9.82. The van der Waals surface area contributed by atoms with Gasteiger partial charge in [0.15, 0.2) is 5.82 Å². The molecule has 1 aromatic heterocycles. The zero-order chi connectivity index (χ0) is 25.4. The number of alkyl halides is 3.